The predicted octanol–water partition coefficient (Wildman–Crippen LogP) is 5.56. The van der Waals surface area contributed by atoms with Crippen LogP contribution in [0.5, 0.6) is 0 Å². The summed E-state index contributed by atoms with van der Waals surface area (Å²) >= 11 is 0. The molecule has 2 saturated heterocycles. The molecule has 0 unspecified atom stereocenters. The van der Waals surface area contributed by atoms with Gasteiger partial charge in [-0.15, -0.1) is 13.2 Å². The van der Waals surface area contributed by atoms with Crippen molar-refractivity contribution in [2.24, 2.45) is 0 Å². The molecule has 2 heterocycles. The van der Waals surface area contributed by atoms with E-state index in [0.717, 1.165) is 38.8 Å². The van der Waals surface area contributed by atoms with Crippen molar-refractivity contribution in [3.8, 4) is 0 Å². The van der Waals surface area contributed by atoms with E-state index in [2.05, 4.69) is 89.0 Å². The fourth-order valence-corrected chi connectivity index (χ4v) is 7.40. The van der Waals surface area contributed by atoms with Gasteiger partial charge in [-0.2, -0.15) is 0 Å². The average molecular weight is 523 g/mol. The minimum atomic E-state index is -0.0937. The molecule has 1 aromatic carbocycles. The van der Waals surface area contributed by atoms with Crippen LogP contribution in [-0.4, -0.2) is 68.9 Å². The quantitative estimate of drug-likeness (QED) is 0.439. The van der Waals surface area contributed by atoms with Crippen LogP contribution in [0.2, 0.25) is 0 Å². The number of rotatable bonds is 8. The first-order valence-corrected chi connectivity index (χ1v) is 14.0. The van der Waals surface area contributed by atoms with Crippen molar-refractivity contribution < 1.29 is 9.59 Å². The number of likely N-dealkylation sites (tertiary alicyclic amines) is 2. The van der Waals surface area contributed by atoms with Crippen molar-refractivity contribution in [1.29, 1.82) is 0 Å². The molecule has 2 aliphatic heterocycles. The van der Waals surface area contributed by atoms with Crippen LogP contribution < -0.4 is 10.6 Å². The molecule has 0 atom stereocenters. The molecule has 210 valence electrons. The van der Waals surface area contributed by atoms with E-state index in [0.29, 0.717) is 11.1 Å². The molecule has 0 aromatic heterocycles. The molecular weight excluding hydrogens is 472 g/mol. The Bertz CT molecular complexity index is 919. The average Bonchev–Trinajstić information content (AvgIpc) is 2.77. The first-order valence-electron chi connectivity index (χ1n) is 14.0. The number of nitrogens with one attached hydrogen (secondary N) is 2. The minimum absolute atomic E-state index is 0.0548. The Morgan fingerprint density at radius 3 is 1.18 bits per heavy atom. The first-order chi connectivity index (χ1) is 17.5. The van der Waals surface area contributed by atoms with Crippen LogP contribution in [0.1, 0.15) is 102 Å². The molecule has 2 amide bonds. The summed E-state index contributed by atoms with van der Waals surface area (Å²) in [5.41, 5.74) is 0.930. The lowest BCUT2D eigenvalue weighted by atomic mass is 9.76. The number of piperidine rings is 2. The summed E-state index contributed by atoms with van der Waals surface area (Å²) in [6.45, 7) is 27.4. The summed E-state index contributed by atoms with van der Waals surface area (Å²) in [5.74, 6) is -0.187. The monoisotopic (exact) mass is 522 g/mol. The van der Waals surface area contributed by atoms with E-state index in [1.807, 2.05) is 12.2 Å². The molecule has 0 aliphatic carbocycles. The van der Waals surface area contributed by atoms with Gasteiger partial charge in [0.25, 0.3) is 11.8 Å². The fourth-order valence-electron chi connectivity index (χ4n) is 7.40. The topological polar surface area (TPSA) is 64.7 Å². The number of hydrogen-bond acceptors (Lipinski definition) is 4. The van der Waals surface area contributed by atoms with Gasteiger partial charge in [0, 0.05) is 58.5 Å². The lowest BCUT2D eigenvalue weighted by molar-refractivity contribution is -0.0302. The molecule has 0 bridgehead atoms. The highest BCUT2D eigenvalue weighted by molar-refractivity contribution is 5.98. The number of carbonyl (C=O) groups is 2. The van der Waals surface area contributed by atoms with E-state index in [-0.39, 0.29) is 46.1 Å². The maximum Gasteiger partial charge on any atom is 0.251 e. The molecular formula is C32H50N4O2. The van der Waals surface area contributed by atoms with E-state index in [4.69, 9.17) is 0 Å². The van der Waals surface area contributed by atoms with Crippen LogP contribution in [0.25, 0.3) is 0 Å². The third-order valence-corrected chi connectivity index (χ3v) is 8.61. The Labute approximate surface area is 230 Å². The molecule has 0 spiro atoms. The largest absolute Gasteiger partial charge is 0.349 e. The standard InChI is InChI=1S/C32H50N4O2/c1-11-17-35-29(3,4)19-25(20-30(35,5)6)33-27(37)23-13-15-24(16-14-23)28(38)34-26-21-31(7,8)36(18-12-2)32(9,10)22-26/h11-16,25-26H,1-2,17-22H2,3-10H3,(H,33,37)(H,34,38). The summed E-state index contributed by atoms with van der Waals surface area (Å²) in [5, 5.41) is 6.50. The van der Waals surface area contributed by atoms with Gasteiger partial charge >= 0.3 is 0 Å². The SMILES string of the molecule is C=CCN1C(C)(C)CC(NC(=O)c2ccc(C(=O)NC3CC(C)(C)N(CC=C)C(C)(C)C3)cc2)CC1(C)C. The van der Waals surface area contributed by atoms with Gasteiger partial charge in [-0.25, -0.2) is 0 Å². The van der Waals surface area contributed by atoms with Crippen LogP contribution in [0, 0.1) is 0 Å². The fraction of sp³-hybridized carbons (Fsp3) is 0.625. The van der Waals surface area contributed by atoms with E-state index in [1.54, 1.807) is 24.3 Å². The molecule has 2 aliphatic rings. The van der Waals surface area contributed by atoms with Gasteiger partial charge in [-0.05, 0) is 105 Å². The van der Waals surface area contributed by atoms with Crippen molar-refractivity contribution in [2.75, 3.05) is 13.1 Å². The van der Waals surface area contributed by atoms with E-state index in [1.165, 1.54) is 0 Å². The second-order valence-corrected chi connectivity index (χ2v) is 13.8. The highest BCUT2D eigenvalue weighted by Gasteiger charge is 2.46. The lowest BCUT2D eigenvalue weighted by Crippen LogP contribution is -2.64. The van der Waals surface area contributed by atoms with Crippen molar-refractivity contribution in [3.63, 3.8) is 0 Å². The summed E-state index contributed by atoms with van der Waals surface area (Å²) in [4.78, 5) is 31.2. The molecule has 6 nitrogen and oxygen atoms in total. The number of benzene rings is 1. The van der Waals surface area contributed by atoms with E-state index in [9.17, 15) is 9.59 Å². The number of hydrogen-bond donors (Lipinski definition) is 2. The lowest BCUT2D eigenvalue weighted by Gasteiger charge is -2.55. The van der Waals surface area contributed by atoms with Crippen molar-refractivity contribution in [2.45, 2.75) is 115 Å². The third-order valence-electron chi connectivity index (χ3n) is 8.61. The zero-order valence-corrected chi connectivity index (χ0v) is 25.0. The van der Waals surface area contributed by atoms with Crippen molar-refractivity contribution in [3.05, 3.63) is 60.7 Å². The Hall–Kier alpha value is -2.44. The van der Waals surface area contributed by atoms with Gasteiger partial charge in [0.2, 0.25) is 0 Å². The van der Waals surface area contributed by atoms with E-state index < -0.39 is 0 Å². The number of amides is 2. The Morgan fingerprint density at radius 1 is 0.684 bits per heavy atom. The van der Waals surface area contributed by atoms with Crippen LogP contribution in [0.4, 0.5) is 0 Å². The smallest absolute Gasteiger partial charge is 0.251 e. The minimum Gasteiger partial charge on any atom is -0.349 e. The van der Waals surface area contributed by atoms with Gasteiger partial charge < -0.3 is 10.6 Å². The molecule has 0 radical (unpaired) electrons. The summed E-state index contributed by atoms with van der Waals surface area (Å²) in [6, 6.07) is 7.19. The van der Waals surface area contributed by atoms with Crippen LogP contribution >= 0.6 is 0 Å². The Balaban J connectivity index is 1.63. The second-order valence-electron chi connectivity index (χ2n) is 13.8. The van der Waals surface area contributed by atoms with Crippen molar-refractivity contribution in [1.82, 2.24) is 20.4 Å². The number of carbonyl (C=O) groups excluding carboxylic acids is 2. The highest BCUT2D eigenvalue weighted by Crippen LogP contribution is 2.39. The Morgan fingerprint density at radius 2 is 0.947 bits per heavy atom. The van der Waals surface area contributed by atoms with Gasteiger partial charge in [-0.3, -0.25) is 19.4 Å². The molecule has 38 heavy (non-hydrogen) atoms. The van der Waals surface area contributed by atoms with Gasteiger partial charge in [0.05, 0.1) is 0 Å². The zero-order chi connectivity index (χ0) is 28.5. The van der Waals surface area contributed by atoms with Crippen molar-refractivity contribution >= 4 is 11.8 Å². The van der Waals surface area contributed by atoms with Crippen LogP contribution in [-0.2, 0) is 0 Å². The summed E-state index contributed by atoms with van der Waals surface area (Å²) in [7, 11) is 0. The molecule has 2 N–H and O–H groups in total. The van der Waals surface area contributed by atoms with Crippen LogP contribution in [0.3, 0.4) is 0 Å². The van der Waals surface area contributed by atoms with Gasteiger partial charge in [-0.1, -0.05) is 12.2 Å². The normalized spacial score (nSPS) is 23.4. The Kier molecular flexibility index (Phi) is 8.69. The number of nitrogens with zero attached hydrogens (tertiary/aromatic N) is 2. The highest BCUT2D eigenvalue weighted by atomic mass is 16.2. The molecule has 0 saturated carbocycles. The summed E-state index contributed by atoms with van der Waals surface area (Å²) < 4.78 is 0. The molecule has 1 aromatic rings. The maximum absolute atomic E-state index is 13.1. The second kappa shape index (κ2) is 11.0. The first kappa shape index (κ1) is 30.1. The molecule has 2 fully saturated rings. The maximum atomic E-state index is 13.1. The summed E-state index contributed by atoms with van der Waals surface area (Å²) in [6.07, 6.45) is 7.38. The zero-order valence-electron chi connectivity index (χ0n) is 25.0. The predicted molar refractivity (Wildman–Crippen MR) is 158 cm³/mol. The molecule has 6 heteroatoms. The van der Waals surface area contributed by atoms with Gasteiger partial charge in [0.15, 0.2) is 0 Å². The third kappa shape index (κ3) is 6.58. The molecule has 3 rings (SSSR count). The van der Waals surface area contributed by atoms with Gasteiger partial charge in [0.1, 0.15) is 0 Å². The van der Waals surface area contributed by atoms with E-state index >= 15 is 0 Å². The van der Waals surface area contributed by atoms with Crippen LogP contribution in [0.15, 0.2) is 49.6 Å².